The monoisotopic (exact) mass is 448 g/mol. The normalized spacial score (nSPS) is 18.7. The number of carbonyl (C=O) groups excluding carboxylic acids is 1. The van der Waals surface area contributed by atoms with Gasteiger partial charge in [0.25, 0.3) is 0 Å². The van der Waals surface area contributed by atoms with Crippen LogP contribution in [-0.2, 0) is 20.0 Å². The first kappa shape index (κ1) is 21.2. The lowest BCUT2D eigenvalue weighted by atomic mass is 10.0. The highest BCUT2D eigenvalue weighted by molar-refractivity contribution is 7.89. The molecule has 0 saturated carbocycles. The van der Waals surface area contributed by atoms with Crippen LogP contribution in [0.2, 0.25) is 0 Å². The zero-order valence-electron chi connectivity index (χ0n) is 16.5. The van der Waals surface area contributed by atoms with Crippen molar-refractivity contribution in [3.8, 4) is 0 Å². The van der Waals surface area contributed by atoms with Gasteiger partial charge in [-0.15, -0.1) is 0 Å². The summed E-state index contributed by atoms with van der Waals surface area (Å²) in [5, 5.41) is 0. The molecule has 160 valence electrons. The van der Waals surface area contributed by atoms with E-state index in [4.69, 9.17) is 0 Å². The zero-order chi connectivity index (χ0) is 21.4. The first-order valence-electron chi connectivity index (χ1n) is 10.1. The molecule has 2 aliphatic heterocycles. The molecule has 2 fully saturated rings. The van der Waals surface area contributed by atoms with Gasteiger partial charge in [0.2, 0.25) is 20.0 Å². The Balaban J connectivity index is 1.52. The lowest BCUT2D eigenvalue weighted by molar-refractivity contribution is 0.103. The standard InChI is InChI=1S/C21H24N2O5S2/c24-21(17-5-9-19(10-6-17)29(25,26)22-13-1-2-14-22)18-7-11-20(12-8-18)30(27,28)23-15-3-4-16-23/h5-12H,1-4,13-16H2. The van der Waals surface area contributed by atoms with E-state index in [1.54, 1.807) is 0 Å². The SMILES string of the molecule is O=C(c1ccc(S(=O)(=O)N2CCCC2)cc1)c1ccc(S(=O)(=O)N2CCCC2)cc1. The van der Waals surface area contributed by atoms with Crippen molar-refractivity contribution < 1.29 is 21.6 Å². The van der Waals surface area contributed by atoms with Gasteiger partial charge in [0.15, 0.2) is 5.78 Å². The van der Waals surface area contributed by atoms with Crippen molar-refractivity contribution in [3.05, 3.63) is 59.7 Å². The van der Waals surface area contributed by atoms with Gasteiger partial charge in [-0.1, -0.05) is 0 Å². The van der Waals surface area contributed by atoms with Crippen molar-refractivity contribution in [2.75, 3.05) is 26.2 Å². The Labute approximate surface area is 177 Å². The topological polar surface area (TPSA) is 91.8 Å². The average molecular weight is 449 g/mol. The Morgan fingerprint density at radius 1 is 0.567 bits per heavy atom. The largest absolute Gasteiger partial charge is 0.289 e. The Morgan fingerprint density at radius 2 is 0.867 bits per heavy atom. The molecule has 0 atom stereocenters. The molecule has 4 rings (SSSR count). The summed E-state index contributed by atoms with van der Waals surface area (Å²) in [5.41, 5.74) is 0.705. The smallest absolute Gasteiger partial charge is 0.243 e. The second kappa shape index (κ2) is 8.22. The molecule has 7 nitrogen and oxygen atoms in total. The summed E-state index contributed by atoms with van der Waals surface area (Å²) in [6, 6.07) is 11.8. The summed E-state index contributed by atoms with van der Waals surface area (Å²) in [6.07, 6.45) is 3.44. The first-order valence-corrected chi connectivity index (χ1v) is 12.9. The van der Waals surface area contributed by atoms with Crippen LogP contribution in [0.25, 0.3) is 0 Å². The van der Waals surface area contributed by atoms with Gasteiger partial charge in [-0.3, -0.25) is 4.79 Å². The lowest BCUT2D eigenvalue weighted by Crippen LogP contribution is -2.27. The van der Waals surface area contributed by atoms with Gasteiger partial charge in [0, 0.05) is 37.3 Å². The van der Waals surface area contributed by atoms with Crippen LogP contribution in [0.5, 0.6) is 0 Å². The van der Waals surface area contributed by atoms with E-state index in [0.29, 0.717) is 37.3 Å². The number of benzene rings is 2. The predicted octanol–water partition coefficient (Wildman–Crippen LogP) is 2.49. The van der Waals surface area contributed by atoms with Crippen LogP contribution in [0.4, 0.5) is 0 Å². The summed E-state index contributed by atoms with van der Waals surface area (Å²) in [6.45, 7) is 2.09. The van der Waals surface area contributed by atoms with Crippen molar-refractivity contribution in [1.82, 2.24) is 8.61 Å². The fourth-order valence-corrected chi connectivity index (χ4v) is 6.91. The van der Waals surface area contributed by atoms with Crippen LogP contribution in [0.15, 0.2) is 58.3 Å². The maximum absolute atomic E-state index is 12.8. The highest BCUT2D eigenvalue weighted by Crippen LogP contribution is 2.24. The molecule has 0 bridgehead atoms. The third-order valence-corrected chi connectivity index (χ3v) is 9.46. The zero-order valence-corrected chi connectivity index (χ0v) is 18.2. The van der Waals surface area contributed by atoms with Gasteiger partial charge >= 0.3 is 0 Å². The van der Waals surface area contributed by atoms with Crippen LogP contribution < -0.4 is 0 Å². The summed E-state index contributed by atoms with van der Waals surface area (Å²) in [5.74, 6) is -0.287. The summed E-state index contributed by atoms with van der Waals surface area (Å²) in [7, 11) is -7.05. The Bertz CT molecular complexity index is 1040. The summed E-state index contributed by atoms with van der Waals surface area (Å²) < 4.78 is 53.3. The molecule has 2 heterocycles. The van der Waals surface area contributed by atoms with Gasteiger partial charge in [-0.05, 0) is 74.2 Å². The van der Waals surface area contributed by atoms with Crippen molar-refractivity contribution in [2.24, 2.45) is 0 Å². The third kappa shape index (κ3) is 3.94. The maximum atomic E-state index is 12.8. The molecule has 0 radical (unpaired) electrons. The van der Waals surface area contributed by atoms with Crippen molar-refractivity contribution in [2.45, 2.75) is 35.5 Å². The summed E-state index contributed by atoms with van der Waals surface area (Å²) >= 11 is 0. The molecule has 0 N–H and O–H groups in total. The molecule has 0 aliphatic carbocycles. The predicted molar refractivity (Wildman–Crippen MR) is 112 cm³/mol. The highest BCUT2D eigenvalue weighted by atomic mass is 32.2. The number of ketones is 1. The molecule has 0 amide bonds. The number of hydrogen-bond donors (Lipinski definition) is 0. The second-order valence-electron chi connectivity index (χ2n) is 7.60. The molecule has 0 aromatic heterocycles. The molecular weight excluding hydrogens is 424 g/mol. The van der Waals surface area contributed by atoms with E-state index < -0.39 is 20.0 Å². The van der Waals surface area contributed by atoms with E-state index in [-0.39, 0.29) is 15.6 Å². The molecule has 0 unspecified atom stereocenters. The Kier molecular flexibility index (Phi) is 5.80. The van der Waals surface area contributed by atoms with Crippen LogP contribution in [0, 0.1) is 0 Å². The van der Waals surface area contributed by atoms with Gasteiger partial charge in [0.1, 0.15) is 0 Å². The number of nitrogens with zero attached hydrogens (tertiary/aromatic N) is 2. The first-order chi connectivity index (χ1) is 14.3. The van der Waals surface area contributed by atoms with Gasteiger partial charge in [0.05, 0.1) is 9.79 Å². The van der Waals surface area contributed by atoms with Crippen LogP contribution >= 0.6 is 0 Å². The van der Waals surface area contributed by atoms with E-state index in [9.17, 15) is 21.6 Å². The van der Waals surface area contributed by atoms with E-state index in [1.807, 2.05) is 0 Å². The molecule has 2 aromatic carbocycles. The number of hydrogen-bond acceptors (Lipinski definition) is 5. The van der Waals surface area contributed by atoms with Gasteiger partial charge in [-0.2, -0.15) is 8.61 Å². The quantitative estimate of drug-likeness (QED) is 0.633. The highest BCUT2D eigenvalue weighted by Gasteiger charge is 2.28. The van der Waals surface area contributed by atoms with Gasteiger partial charge < -0.3 is 0 Å². The van der Waals surface area contributed by atoms with Crippen LogP contribution in [0.3, 0.4) is 0 Å². The Morgan fingerprint density at radius 3 is 1.17 bits per heavy atom. The fourth-order valence-electron chi connectivity index (χ4n) is 3.88. The number of sulfonamides is 2. The van der Waals surface area contributed by atoms with Gasteiger partial charge in [-0.25, -0.2) is 16.8 Å². The second-order valence-corrected chi connectivity index (χ2v) is 11.5. The molecular formula is C21H24N2O5S2. The van der Waals surface area contributed by atoms with Crippen molar-refractivity contribution in [3.63, 3.8) is 0 Å². The molecule has 30 heavy (non-hydrogen) atoms. The molecule has 9 heteroatoms. The minimum Gasteiger partial charge on any atom is -0.289 e. The number of carbonyl (C=O) groups is 1. The lowest BCUT2D eigenvalue weighted by Gasteiger charge is -2.16. The minimum absolute atomic E-state index is 0.174. The summed E-state index contributed by atoms with van der Waals surface area (Å²) in [4.78, 5) is 13.1. The minimum atomic E-state index is -3.53. The van der Waals surface area contributed by atoms with E-state index in [0.717, 1.165) is 25.7 Å². The Hall–Kier alpha value is -2.07. The average Bonchev–Trinajstić information content (AvgIpc) is 3.48. The molecule has 2 saturated heterocycles. The maximum Gasteiger partial charge on any atom is 0.243 e. The molecule has 2 aliphatic rings. The molecule has 2 aromatic rings. The van der Waals surface area contributed by atoms with Crippen molar-refractivity contribution >= 4 is 25.8 Å². The number of rotatable bonds is 6. The van der Waals surface area contributed by atoms with E-state index in [2.05, 4.69) is 0 Å². The van der Waals surface area contributed by atoms with Crippen molar-refractivity contribution in [1.29, 1.82) is 0 Å². The molecule has 0 spiro atoms. The van der Waals surface area contributed by atoms with Crippen LogP contribution in [-0.4, -0.2) is 57.4 Å². The third-order valence-electron chi connectivity index (χ3n) is 5.64. The van der Waals surface area contributed by atoms with E-state index >= 15 is 0 Å². The van der Waals surface area contributed by atoms with Crippen LogP contribution in [0.1, 0.15) is 41.6 Å². The van der Waals surface area contributed by atoms with E-state index in [1.165, 1.54) is 57.1 Å². The fraction of sp³-hybridized carbons (Fsp3) is 0.381.